The number of benzene rings is 1. The molecular weight excluding hydrogens is 345 g/mol. The molecule has 6 heteroatoms. The number of carbonyl (C=O) groups excluding carboxylic acids is 1. The van der Waals surface area contributed by atoms with Crippen LogP contribution in [-0.2, 0) is 0 Å². The van der Waals surface area contributed by atoms with E-state index in [1.54, 1.807) is 16.5 Å². The number of hydrogen-bond acceptors (Lipinski definition) is 2. The summed E-state index contributed by atoms with van der Waals surface area (Å²) in [7, 11) is 0. The number of carbonyl (C=O) groups is 1. The van der Waals surface area contributed by atoms with Crippen LogP contribution >= 0.6 is 0 Å². The van der Waals surface area contributed by atoms with Crippen LogP contribution in [0.4, 0.5) is 4.39 Å². The Balaban J connectivity index is 1.65. The van der Waals surface area contributed by atoms with E-state index in [2.05, 4.69) is 10.3 Å². The third kappa shape index (κ3) is 3.32. The molecule has 27 heavy (non-hydrogen) atoms. The maximum Gasteiger partial charge on any atom is 0.351 e. The highest BCUT2D eigenvalue weighted by Gasteiger charge is 2.35. The molecule has 0 spiro atoms. The fraction of sp³-hybridized carbons (Fsp3) is 0.333. The predicted molar refractivity (Wildman–Crippen MR) is 99.7 cm³/mol. The largest absolute Gasteiger partial charge is 0.396 e. The number of hydrogen-bond donors (Lipinski definition) is 3. The van der Waals surface area contributed by atoms with E-state index in [1.165, 1.54) is 12.1 Å². The van der Waals surface area contributed by atoms with Gasteiger partial charge in [0, 0.05) is 17.5 Å². The van der Waals surface area contributed by atoms with Crippen molar-refractivity contribution in [1.82, 2.24) is 10.3 Å². The van der Waals surface area contributed by atoms with E-state index in [4.69, 9.17) is 0 Å². The first-order chi connectivity index (χ1) is 13.1. The van der Waals surface area contributed by atoms with E-state index in [0.29, 0.717) is 12.4 Å². The fourth-order valence-corrected chi connectivity index (χ4v) is 3.95. The lowest BCUT2D eigenvalue weighted by molar-refractivity contribution is -0.513. The minimum absolute atomic E-state index is 0.0900. The summed E-state index contributed by atoms with van der Waals surface area (Å²) in [6.07, 6.45) is 5.87. The van der Waals surface area contributed by atoms with Gasteiger partial charge in [-0.1, -0.05) is 18.9 Å². The summed E-state index contributed by atoms with van der Waals surface area (Å²) < 4.78 is 15.1. The Morgan fingerprint density at radius 2 is 1.93 bits per heavy atom. The Labute approximate surface area is 156 Å². The zero-order chi connectivity index (χ0) is 18.9. The van der Waals surface area contributed by atoms with Gasteiger partial charge in [0.2, 0.25) is 0 Å². The number of aliphatic hydroxyl groups is 1. The Kier molecular flexibility index (Phi) is 4.66. The topological polar surface area (TPSA) is 69.2 Å². The summed E-state index contributed by atoms with van der Waals surface area (Å²) in [5.74, 6) is -0.105. The molecule has 3 aromatic rings. The van der Waals surface area contributed by atoms with E-state index in [1.807, 2.05) is 24.4 Å². The molecule has 3 N–H and O–H groups in total. The number of aromatic nitrogens is 2. The second-order valence-corrected chi connectivity index (χ2v) is 7.36. The van der Waals surface area contributed by atoms with Gasteiger partial charge in [0.25, 0.3) is 0 Å². The first-order valence-electron chi connectivity index (χ1n) is 9.29. The lowest BCUT2D eigenvalue weighted by Gasteiger charge is -2.25. The molecule has 0 radical (unpaired) electrons. The maximum absolute atomic E-state index is 13.3. The second-order valence-electron chi connectivity index (χ2n) is 7.36. The molecular formula is C21H23FN3O2+. The number of pyridine rings is 1. The lowest BCUT2D eigenvalue weighted by atomic mass is 9.87. The molecule has 140 valence electrons. The van der Waals surface area contributed by atoms with Crippen molar-refractivity contribution in [3.8, 4) is 11.3 Å². The van der Waals surface area contributed by atoms with Gasteiger partial charge >= 0.3 is 11.7 Å². The van der Waals surface area contributed by atoms with E-state index >= 15 is 0 Å². The summed E-state index contributed by atoms with van der Waals surface area (Å²) in [5.41, 5.74) is 2.20. The molecule has 5 nitrogen and oxygen atoms in total. The monoisotopic (exact) mass is 368 g/mol. The second kappa shape index (κ2) is 7.12. The Morgan fingerprint density at radius 1 is 1.19 bits per heavy atom. The van der Waals surface area contributed by atoms with Crippen molar-refractivity contribution >= 4 is 11.4 Å². The molecule has 0 saturated heterocycles. The first kappa shape index (κ1) is 17.7. The average molecular weight is 368 g/mol. The average Bonchev–Trinajstić information content (AvgIpc) is 3.32. The van der Waals surface area contributed by atoms with Crippen LogP contribution in [0.25, 0.3) is 16.8 Å². The molecule has 0 aliphatic heterocycles. The number of fused-ring (bicyclic) bond motifs is 1. The SMILES string of the molecule is O=C(NCC1(CO)CCCC1)c1[nH]c(-c2ccc(F)cc2)c2cccc[n+]12. The lowest BCUT2D eigenvalue weighted by Crippen LogP contribution is -2.41. The molecule has 4 rings (SSSR count). The predicted octanol–water partition coefficient (Wildman–Crippen LogP) is 2.84. The minimum Gasteiger partial charge on any atom is -0.396 e. The van der Waals surface area contributed by atoms with Crippen LogP contribution in [0.15, 0.2) is 48.7 Å². The Morgan fingerprint density at radius 3 is 2.63 bits per heavy atom. The number of H-pyrrole nitrogens is 1. The first-order valence-corrected chi connectivity index (χ1v) is 9.29. The van der Waals surface area contributed by atoms with Crippen LogP contribution in [0, 0.1) is 11.2 Å². The molecule has 1 amide bonds. The third-order valence-corrected chi connectivity index (χ3v) is 5.57. The number of nitrogens with zero attached hydrogens (tertiary/aromatic N) is 1. The van der Waals surface area contributed by atoms with Gasteiger partial charge in [-0.25, -0.2) is 9.37 Å². The number of aromatic amines is 1. The number of rotatable bonds is 5. The van der Waals surface area contributed by atoms with E-state index in [0.717, 1.165) is 42.5 Å². The number of amides is 1. The van der Waals surface area contributed by atoms with Crippen molar-refractivity contribution in [2.75, 3.05) is 13.2 Å². The minimum atomic E-state index is -0.300. The highest BCUT2D eigenvalue weighted by Crippen LogP contribution is 2.36. The standard InChI is InChI=1S/C21H22FN3O2/c22-16-8-6-15(7-9-16)18-17-5-1-4-12-25(17)19(24-18)20(27)23-13-21(14-26)10-2-3-11-21/h1,4-9,12,26H,2-3,10-11,13-14H2,(H,23,27)/p+1. The number of aliphatic hydroxyl groups excluding tert-OH is 1. The van der Waals surface area contributed by atoms with Gasteiger partial charge in [-0.05, 0) is 49.2 Å². The number of halogens is 1. The molecule has 1 fully saturated rings. The summed E-state index contributed by atoms with van der Waals surface area (Å²) >= 11 is 0. The van der Waals surface area contributed by atoms with Crippen LogP contribution in [0.2, 0.25) is 0 Å². The third-order valence-electron chi connectivity index (χ3n) is 5.57. The van der Waals surface area contributed by atoms with Crippen LogP contribution in [0.5, 0.6) is 0 Å². The van der Waals surface area contributed by atoms with Crippen molar-refractivity contribution in [2.45, 2.75) is 25.7 Å². The van der Waals surface area contributed by atoms with E-state index in [-0.39, 0.29) is 23.7 Å². The van der Waals surface area contributed by atoms with Crippen LogP contribution < -0.4 is 9.72 Å². The Hall–Kier alpha value is -2.73. The number of nitrogens with one attached hydrogen (secondary N) is 2. The van der Waals surface area contributed by atoms with Gasteiger partial charge in [0.05, 0.1) is 12.8 Å². The van der Waals surface area contributed by atoms with Crippen molar-refractivity contribution in [1.29, 1.82) is 0 Å². The smallest absolute Gasteiger partial charge is 0.351 e. The molecule has 1 aliphatic rings. The molecule has 1 aliphatic carbocycles. The molecule has 2 heterocycles. The van der Waals surface area contributed by atoms with Gasteiger partial charge < -0.3 is 10.4 Å². The van der Waals surface area contributed by atoms with Crippen LogP contribution in [0.3, 0.4) is 0 Å². The van der Waals surface area contributed by atoms with Crippen molar-refractivity contribution < 1.29 is 18.7 Å². The molecule has 0 bridgehead atoms. The van der Waals surface area contributed by atoms with Gasteiger partial charge in [-0.15, -0.1) is 0 Å². The summed E-state index contributed by atoms with van der Waals surface area (Å²) in [6.45, 7) is 0.550. The molecule has 0 unspecified atom stereocenters. The zero-order valence-electron chi connectivity index (χ0n) is 15.0. The van der Waals surface area contributed by atoms with E-state index in [9.17, 15) is 14.3 Å². The molecule has 2 aromatic heterocycles. The zero-order valence-corrected chi connectivity index (χ0v) is 15.0. The van der Waals surface area contributed by atoms with Gasteiger partial charge in [-0.2, -0.15) is 4.40 Å². The normalized spacial score (nSPS) is 15.9. The highest BCUT2D eigenvalue weighted by atomic mass is 19.1. The molecule has 1 aromatic carbocycles. The summed E-state index contributed by atoms with van der Waals surface area (Å²) in [6, 6.07) is 11.9. The van der Waals surface area contributed by atoms with Crippen molar-refractivity contribution in [3.05, 3.63) is 60.3 Å². The Bertz CT molecular complexity index is 959. The number of imidazole rings is 1. The quantitative estimate of drug-likeness (QED) is 0.606. The maximum atomic E-state index is 13.3. The van der Waals surface area contributed by atoms with Crippen molar-refractivity contribution in [2.24, 2.45) is 5.41 Å². The fourth-order valence-electron chi connectivity index (χ4n) is 3.95. The molecule has 0 atom stereocenters. The van der Waals surface area contributed by atoms with Gasteiger partial charge in [0.15, 0.2) is 11.2 Å². The molecule has 1 saturated carbocycles. The highest BCUT2D eigenvalue weighted by molar-refractivity contribution is 5.91. The van der Waals surface area contributed by atoms with Crippen LogP contribution in [-0.4, -0.2) is 29.1 Å². The van der Waals surface area contributed by atoms with E-state index < -0.39 is 0 Å². The van der Waals surface area contributed by atoms with Crippen LogP contribution in [0.1, 0.15) is 36.3 Å². The summed E-state index contributed by atoms with van der Waals surface area (Å²) in [5, 5.41) is 12.7. The summed E-state index contributed by atoms with van der Waals surface area (Å²) in [4.78, 5) is 16.1. The van der Waals surface area contributed by atoms with Crippen molar-refractivity contribution in [3.63, 3.8) is 0 Å². The van der Waals surface area contributed by atoms with Gasteiger partial charge in [-0.3, -0.25) is 4.79 Å². The van der Waals surface area contributed by atoms with Gasteiger partial charge in [0.1, 0.15) is 5.82 Å².